The Bertz CT molecular complexity index is 1460. The quantitative estimate of drug-likeness (QED) is 0.254. The van der Waals surface area contributed by atoms with E-state index in [1.165, 1.54) is 29.5 Å². The number of piperidine rings is 1. The number of alkyl halides is 3. The van der Waals surface area contributed by atoms with Crippen molar-refractivity contribution < 1.29 is 27.1 Å². The number of fused-ring (bicyclic) bond motifs is 1. The predicted octanol–water partition coefficient (Wildman–Crippen LogP) is 6.79. The fraction of sp³-hybridized carbons (Fsp3) is 0.333. The van der Waals surface area contributed by atoms with E-state index < -0.39 is 6.36 Å². The van der Waals surface area contributed by atoms with Crippen molar-refractivity contribution in [2.24, 2.45) is 0 Å². The molecule has 0 unspecified atom stereocenters. The van der Waals surface area contributed by atoms with Crippen LogP contribution >= 0.6 is 23.7 Å². The zero-order chi connectivity index (χ0) is 27.0. The Hall–Kier alpha value is -3.31. The molecule has 1 saturated heterocycles. The summed E-state index contributed by atoms with van der Waals surface area (Å²) >= 11 is 1.51. The van der Waals surface area contributed by atoms with Crippen LogP contribution in [0.1, 0.15) is 50.9 Å². The second-order valence-electron chi connectivity index (χ2n) is 9.39. The highest BCUT2D eigenvalue weighted by molar-refractivity contribution is 7.17. The van der Waals surface area contributed by atoms with Gasteiger partial charge in [-0.15, -0.1) is 36.9 Å². The first-order valence-corrected chi connectivity index (χ1v) is 13.0. The maximum atomic E-state index is 15.0. The van der Waals surface area contributed by atoms with Gasteiger partial charge in [-0.2, -0.15) is 0 Å². The second kappa shape index (κ2) is 11.4. The molecule has 12 heteroatoms. The molecule has 5 rings (SSSR count). The summed E-state index contributed by atoms with van der Waals surface area (Å²) in [6, 6.07) is 10.9. The van der Waals surface area contributed by atoms with Crippen LogP contribution in [0.3, 0.4) is 0 Å². The van der Waals surface area contributed by atoms with E-state index in [0.717, 1.165) is 28.2 Å². The number of imidazole rings is 1. The minimum absolute atomic E-state index is 0. The Morgan fingerprint density at radius 2 is 1.82 bits per heavy atom. The molecule has 1 N–H and O–H groups in total. The smallest absolute Gasteiger partial charge is 0.406 e. The third-order valence-corrected chi connectivity index (χ3v) is 7.62. The third-order valence-electron chi connectivity index (χ3n) is 6.72. The number of halogens is 5. The minimum Gasteiger partial charge on any atom is -0.406 e. The zero-order valence-corrected chi connectivity index (χ0v) is 22.9. The first-order chi connectivity index (χ1) is 18.1. The van der Waals surface area contributed by atoms with Gasteiger partial charge in [-0.05, 0) is 68.0 Å². The molecule has 6 nitrogen and oxygen atoms in total. The molecule has 2 aromatic heterocycles. The van der Waals surface area contributed by atoms with Crippen LogP contribution < -0.4 is 15.0 Å². The number of benzene rings is 2. The van der Waals surface area contributed by atoms with Gasteiger partial charge in [0.25, 0.3) is 5.91 Å². The van der Waals surface area contributed by atoms with Crippen LogP contribution in [-0.4, -0.2) is 34.7 Å². The van der Waals surface area contributed by atoms with Crippen molar-refractivity contribution in [1.29, 1.82) is 0 Å². The van der Waals surface area contributed by atoms with Crippen molar-refractivity contribution in [2.75, 3.05) is 18.0 Å². The number of carbonyl (C=O) groups is 1. The van der Waals surface area contributed by atoms with Gasteiger partial charge in [0, 0.05) is 30.7 Å². The zero-order valence-electron chi connectivity index (χ0n) is 21.2. The van der Waals surface area contributed by atoms with Gasteiger partial charge in [0.15, 0.2) is 4.96 Å². The number of hydrogen-bond acceptors (Lipinski definition) is 5. The SMILES string of the molecule is Cc1cn2c(C(=O)NCc3ccc(N4CCC(c5ccc(OC(F)(F)F)cc5)CC4)c(F)c3)c(C)nc2s1.Cl. The van der Waals surface area contributed by atoms with E-state index >= 15 is 4.39 Å². The number of anilines is 1. The number of nitrogens with zero attached hydrogens (tertiary/aromatic N) is 3. The number of aromatic nitrogens is 2. The lowest BCUT2D eigenvalue weighted by Gasteiger charge is -2.34. The predicted molar refractivity (Wildman–Crippen MR) is 145 cm³/mol. The Morgan fingerprint density at radius 3 is 2.46 bits per heavy atom. The van der Waals surface area contributed by atoms with E-state index in [9.17, 15) is 18.0 Å². The molecule has 1 aliphatic rings. The lowest BCUT2D eigenvalue weighted by Crippen LogP contribution is -2.33. The van der Waals surface area contributed by atoms with E-state index in [-0.39, 0.29) is 42.3 Å². The summed E-state index contributed by atoms with van der Waals surface area (Å²) in [4.78, 5) is 21.0. The van der Waals surface area contributed by atoms with Crippen molar-refractivity contribution in [3.63, 3.8) is 0 Å². The van der Waals surface area contributed by atoms with Gasteiger partial charge in [0.05, 0.1) is 11.4 Å². The lowest BCUT2D eigenvalue weighted by molar-refractivity contribution is -0.274. The number of aryl methyl sites for hydroxylation is 2. The van der Waals surface area contributed by atoms with Crippen LogP contribution in [0, 0.1) is 19.7 Å². The van der Waals surface area contributed by atoms with E-state index in [2.05, 4.69) is 15.0 Å². The van der Waals surface area contributed by atoms with Crippen molar-refractivity contribution in [3.05, 3.63) is 81.9 Å². The van der Waals surface area contributed by atoms with Crippen LogP contribution in [0.25, 0.3) is 4.96 Å². The molecule has 0 aliphatic carbocycles. The van der Waals surface area contributed by atoms with E-state index in [4.69, 9.17) is 0 Å². The number of hydrogen-bond donors (Lipinski definition) is 1. The molecule has 208 valence electrons. The molecule has 4 aromatic rings. The van der Waals surface area contributed by atoms with Crippen LogP contribution in [0.5, 0.6) is 5.75 Å². The molecule has 0 atom stereocenters. The van der Waals surface area contributed by atoms with Crippen molar-refractivity contribution in [2.45, 2.75) is 45.5 Å². The number of amides is 1. The molecule has 0 bridgehead atoms. The minimum atomic E-state index is -4.71. The van der Waals surface area contributed by atoms with Gasteiger partial charge in [-0.3, -0.25) is 9.20 Å². The third kappa shape index (κ3) is 6.47. The first-order valence-electron chi connectivity index (χ1n) is 12.2. The molecule has 0 radical (unpaired) electrons. The van der Waals surface area contributed by atoms with Crippen LogP contribution in [0.2, 0.25) is 0 Å². The number of thiazole rings is 1. The Balaban J connectivity index is 0.00000353. The average Bonchev–Trinajstić information content (AvgIpc) is 3.36. The molecule has 1 amide bonds. The van der Waals surface area contributed by atoms with Gasteiger partial charge >= 0.3 is 6.36 Å². The van der Waals surface area contributed by atoms with Crippen molar-refractivity contribution in [1.82, 2.24) is 14.7 Å². The summed E-state index contributed by atoms with van der Waals surface area (Å²) in [5.41, 5.74) is 3.20. The second-order valence-corrected chi connectivity index (χ2v) is 10.6. The molecule has 0 saturated carbocycles. The molecule has 1 aliphatic heterocycles. The van der Waals surface area contributed by atoms with Gasteiger partial charge in [-0.25, -0.2) is 9.37 Å². The largest absolute Gasteiger partial charge is 0.573 e. The Labute approximate surface area is 233 Å². The summed E-state index contributed by atoms with van der Waals surface area (Å²) < 4.78 is 57.9. The summed E-state index contributed by atoms with van der Waals surface area (Å²) in [5, 5.41) is 2.86. The molecular formula is C27H27ClF4N4O2S. The maximum Gasteiger partial charge on any atom is 0.573 e. The number of rotatable bonds is 6. The molecule has 0 spiro atoms. The topological polar surface area (TPSA) is 58.9 Å². The fourth-order valence-electron chi connectivity index (χ4n) is 4.92. The van der Waals surface area contributed by atoms with E-state index in [1.807, 2.05) is 18.0 Å². The number of nitrogens with one attached hydrogen (secondary N) is 1. The summed E-state index contributed by atoms with van der Waals surface area (Å²) in [5.74, 6) is -0.695. The fourth-order valence-corrected chi connectivity index (χ4v) is 5.79. The van der Waals surface area contributed by atoms with Crippen LogP contribution in [0.4, 0.5) is 23.2 Å². The average molecular weight is 583 g/mol. The van der Waals surface area contributed by atoms with Gasteiger partial charge in [0.1, 0.15) is 17.3 Å². The highest BCUT2D eigenvalue weighted by Gasteiger charge is 2.31. The summed E-state index contributed by atoms with van der Waals surface area (Å²) in [6.07, 6.45) is -1.34. The maximum absolute atomic E-state index is 15.0. The highest BCUT2D eigenvalue weighted by atomic mass is 35.5. The van der Waals surface area contributed by atoms with Gasteiger partial charge in [-0.1, -0.05) is 18.2 Å². The van der Waals surface area contributed by atoms with E-state index in [1.54, 1.807) is 35.6 Å². The monoisotopic (exact) mass is 582 g/mol. The normalized spacial score (nSPS) is 14.4. The first kappa shape index (κ1) is 28.7. The number of carbonyl (C=O) groups excluding carboxylic acids is 1. The summed E-state index contributed by atoms with van der Waals surface area (Å²) in [6.45, 7) is 5.17. The standard InChI is InChI=1S/C27H26F4N4O2S.ClH/c1-16-15-35-24(17(2)33-26(35)38-16)25(36)32-14-18-3-8-23(22(28)13-18)34-11-9-20(10-12-34)19-4-6-21(7-5-19)37-27(29,30)31;/h3-8,13,15,20H,9-12,14H2,1-2H3,(H,32,36);1H. The molecule has 39 heavy (non-hydrogen) atoms. The molecular weight excluding hydrogens is 556 g/mol. The molecule has 1 fully saturated rings. The molecule has 3 heterocycles. The summed E-state index contributed by atoms with van der Waals surface area (Å²) in [7, 11) is 0. The van der Waals surface area contributed by atoms with Crippen molar-refractivity contribution >= 4 is 40.3 Å². The van der Waals surface area contributed by atoms with E-state index in [0.29, 0.717) is 35.7 Å². The highest BCUT2D eigenvalue weighted by Crippen LogP contribution is 2.33. The van der Waals surface area contributed by atoms with Gasteiger partial charge in [0.2, 0.25) is 0 Å². The lowest BCUT2D eigenvalue weighted by atomic mass is 9.89. The number of ether oxygens (including phenoxy) is 1. The Kier molecular flexibility index (Phi) is 8.41. The van der Waals surface area contributed by atoms with Crippen LogP contribution in [0.15, 0.2) is 48.7 Å². The molecule has 2 aromatic carbocycles. The van der Waals surface area contributed by atoms with Crippen molar-refractivity contribution in [3.8, 4) is 5.75 Å². The van der Waals surface area contributed by atoms with Crippen LogP contribution in [-0.2, 0) is 6.54 Å². The van der Waals surface area contributed by atoms with Gasteiger partial charge < -0.3 is 15.0 Å². The Morgan fingerprint density at radius 1 is 1.13 bits per heavy atom.